The van der Waals surface area contributed by atoms with Crippen LogP contribution in [0, 0.1) is 17.5 Å². The van der Waals surface area contributed by atoms with Gasteiger partial charge in [-0.05, 0) is 18.2 Å². The van der Waals surface area contributed by atoms with Gasteiger partial charge in [0.05, 0.1) is 18.4 Å². The molecule has 9 heteroatoms. The third-order valence-corrected chi connectivity index (χ3v) is 3.83. The molecule has 2 N–H and O–H groups in total. The molecule has 0 fully saturated rings. The Morgan fingerprint density at radius 3 is 2.46 bits per heavy atom. The number of methoxy groups -OCH3 is 1. The summed E-state index contributed by atoms with van der Waals surface area (Å²) in [6.45, 7) is 0.398. The van der Waals surface area contributed by atoms with Crippen molar-refractivity contribution in [1.82, 2.24) is 9.97 Å². The molecule has 0 unspecified atom stereocenters. The van der Waals surface area contributed by atoms with E-state index in [-0.39, 0.29) is 11.5 Å². The quantitative estimate of drug-likeness (QED) is 0.629. The fourth-order valence-electron chi connectivity index (χ4n) is 2.38. The van der Waals surface area contributed by atoms with Gasteiger partial charge < -0.3 is 15.4 Å². The zero-order valence-corrected chi connectivity index (χ0v) is 14.7. The molecular formula is C19H15F3N4O2. The third kappa shape index (κ3) is 4.20. The van der Waals surface area contributed by atoms with E-state index in [1.165, 1.54) is 12.4 Å². The smallest absolute Gasteiger partial charge is 0.258 e. The molecule has 0 spiro atoms. The lowest BCUT2D eigenvalue weighted by atomic mass is 10.2. The van der Waals surface area contributed by atoms with Gasteiger partial charge in [-0.1, -0.05) is 18.2 Å². The zero-order chi connectivity index (χ0) is 20.1. The van der Waals surface area contributed by atoms with E-state index in [0.29, 0.717) is 12.3 Å². The summed E-state index contributed by atoms with van der Waals surface area (Å²) in [6, 6.07) is 9.06. The minimum Gasteiger partial charge on any atom is -0.496 e. The van der Waals surface area contributed by atoms with Gasteiger partial charge in [-0.15, -0.1) is 0 Å². The van der Waals surface area contributed by atoms with Gasteiger partial charge in [0.1, 0.15) is 5.75 Å². The number of rotatable bonds is 6. The highest BCUT2D eigenvalue weighted by atomic mass is 19.2. The summed E-state index contributed by atoms with van der Waals surface area (Å²) in [5.74, 6) is -4.28. The van der Waals surface area contributed by atoms with Gasteiger partial charge in [-0.25, -0.2) is 23.1 Å². The Kier molecular flexibility index (Phi) is 5.73. The molecule has 0 radical (unpaired) electrons. The summed E-state index contributed by atoms with van der Waals surface area (Å²) in [5.41, 5.74) is 0.429. The number of para-hydroxylation sites is 1. The second-order valence-corrected chi connectivity index (χ2v) is 5.64. The van der Waals surface area contributed by atoms with Crippen LogP contribution < -0.4 is 15.4 Å². The molecular weight excluding hydrogens is 373 g/mol. The van der Waals surface area contributed by atoms with Gasteiger partial charge in [0, 0.05) is 24.5 Å². The Labute approximate surface area is 158 Å². The number of aromatic nitrogens is 2. The largest absolute Gasteiger partial charge is 0.496 e. The van der Waals surface area contributed by atoms with Crippen LogP contribution in [0.5, 0.6) is 5.75 Å². The fourth-order valence-corrected chi connectivity index (χ4v) is 2.38. The maximum atomic E-state index is 13.6. The zero-order valence-electron chi connectivity index (χ0n) is 14.7. The molecule has 0 aliphatic heterocycles. The van der Waals surface area contributed by atoms with E-state index in [1.807, 2.05) is 24.3 Å². The second kappa shape index (κ2) is 8.38. The van der Waals surface area contributed by atoms with Crippen LogP contribution in [0.15, 0.2) is 48.8 Å². The first-order valence-electron chi connectivity index (χ1n) is 8.12. The summed E-state index contributed by atoms with van der Waals surface area (Å²) >= 11 is 0. The van der Waals surface area contributed by atoms with E-state index in [0.717, 1.165) is 17.7 Å². The molecule has 144 valence electrons. The predicted octanol–water partition coefficient (Wildman–Crippen LogP) is 3.77. The summed E-state index contributed by atoms with van der Waals surface area (Å²) in [7, 11) is 1.57. The highest BCUT2D eigenvalue weighted by Crippen LogP contribution is 2.20. The average molecular weight is 388 g/mol. The minimum absolute atomic E-state index is 0.0203. The van der Waals surface area contributed by atoms with Crippen LogP contribution in [-0.2, 0) is 6.54 Å². The molecule has 3 aromatic rings. The van der Waals surface area contributed by atoms with Gasteiger partial charge in [-0.3, -0.25) is 4.79 Å². The van der Waals surface area contributed by atoms with Crippen LogP contribution >= 0.6 is 0 Å². The van der Waals surface area contributed by atoms with Crippen molar-refractivity contribution in [1.29, 1.82) is 0 Å². The molecule has 1 aromatic heterocycles. The topological polar surface area (TPSA) is 76.1 Å². The highest BCUT2D eigenvalue weighted by Gasteiger charge is 2.16. The minimum atomic E-state index is -1.66. The summed E-state index contributed by atoms with van der Waals surface area (Å²) in [5, 5.41) is 5.14. The lowest BCUT2D eigenvalue weighted by Crippen LogP contribution is -2.15. The Morgan fingerprint density at radius 2 is 1.75 bits per heavy atom. The van der Waals surface area contributed by atoms with Gasteiger partial charge in [0.2, 0.25) is 5.95 Å². The SMILES string of the molecule is COc1ccccc1CNc1ncc(C(=O)Nc2ccc(F)c(F)c2F)cn1. The number of nitrogens with one attached hydrogen (secondary N) is 2. The molecule has 0 bridgehead atoms. The summed E-state index contributed by atoms with van der Waals surface area (Å²) in [6.07, 6.45) is 2.45. The first kappa shape index (κ1) is 19.2. The van der Waals surface area contributed by atoms with Crippen molar-refractivity contribution in [2.24, 2.45) is 0 Å². The molecule has 0 aliphatic carbocycles. The molecule has 1 amide bonds. The Hall–Kier alpha value is -3.62. The van der Waals surface area contributed by atoms with Crippen molar-refractivity contribution in [3.8, 4) is 5.75 Å². The first-order valence-corrected chi connectivity index (χ1v) is 8.12. The lowest BCUT2D eigenvalue weighted by molar-refractivity contribution is 0.102. The molecule has 3 rings (SSSR count). The van der Waals surface area contributed by atoms with Crippen LogP contribution in [0.1, 0.15) is 15.9 Å². The van der Waals surface area contributed by atoms with Crippen molar-refractivity contribution in [2.45, 2.75) is 6.54 Å². The molecule has 0 saturated heterocycles. The number of anilines is 2. The van der Waals surface area contributed by atoms with Crippen LogP contribution in [-0.4, -0.2) is 23.0 Å². The number of carbonyl (C=O) groups excluding carboxylic acids is 1. The summed E-state index contributed by atoms with van der Waals surface area (Å²) in [4.78, 5) is 20.2. The van der Waals surface area contributed by atoms with E-state index in [2.05, 4.69) is 20.6 Å². The highest BCUT2D eigenvalue weighted by molar-refractivity contribution is 6.03. The Morgan fingerprint density at radius 1 is 1.04 bits per heavy atom. The fraction of sp³-hybridized carbons (Fsp3) is 0.105. The Balaban J connectivity index is 1.65. The number of hydrogen-bond acceptors (Lipinski definition) is 5. The van der Waals surface area contributed by atoms with Crippen LogP contribution in [0.3, 0.4) is 0 Å². The normalized spacial score (nSPS) is 10.4. The standard InChI is InChI=1S/C19H15F3N4O2/c1-28-15-5-3-2-4-11(15)8-23-19-24-9-12(10-25-19)18(27)26-14-7-6-13(20)16(21)17(14)22/h2-7,9-10H,8H2,1H3,(H,26,27)(H,23,24,25). The van der Waals surface area contributed by atoms with E-state index < -0.39 is 29.0 Å². The van der Waals surface area contributed by atoms with E-state index in [9.17, 15) is 18.0 Å². The lowest BCUT2D eigenvalue weighted by Gasteiger charge is -2.10. The van der Waals surface area contributed by atoms with Crippen molar-refractivity contribution < 1.29 is 22.7 Å². The number of ether oxygens (including phenoxy) is 1. The number of benzene rings is 2. The Bertz CT molecular complexity index is 997. The van der Waals surface area contributed by atoms with E-state index >= 15 is 0 Å². The van der Waals surface area contributed by atoms with Crippen LogP contribution in [0.4, 0.5) is 24.8 Å². The van der Waals surface area contributed by atoms with Crippen LogP contribution in [0.2, 0.25) is 0 Å². The maximum Gasteiger partial charge on any atom is 0.258 e. The average Bonchev–Trinajstić information content (AvgIpc) is 2.73. The molecule has 28 heavy (non-hydrogen) atoms. The van der Waals surface area contributed by atoms with Gasteiger partial charge in [0.15, 0.2) is 17.5 Å². The van der Waals surface area contributed by atoms with Gasteiger partial charge >= 0.3 is 0 Å². The van der Waals surface area contributed by atoms with Crippen LogP contribution in [0.25, 0.3) is 0 Å². The number of nitrogens with zero attached hydrogens (tertiary/aromatic N) is 2. The maximum absolute atomic E-state index is 13.6. The van der Waals surface area contributed by atoms with Gasteiger partial charge in [0.25, 0.3) is 5.91 Å². The first-order chi connectivity index (χ1) is 13.5. The second-order valence-electron chi connectivity index (χ2n) is 5.64. The van der Waals surface area contributed by atoms with E-state index in [4.69, 9.17) is 4.74 Å². The van der Waals surface area contributed by atoms with Crippen molar-refractivity contribution in [2.75, 3.05) is 17.7 Å². The van der Waals surface area contributed by atoms with Gasteiger partial charge in [-0.2, -0.15) is 0 Å². The number of hydrogen-bond donors (Lipinski definition) is 2. The monoisotopic (exact) mass is 388 g/mol. The third-order valence-electron chi connectivity index (χ3n) is 3.83. The molecule has 6 nitrogen and oxygen atoms in total. The predicted molar refractivity (Wildman–Crippen MR) is 96.6 cm³/mol. The summed E-state index contributed by atoms with van der Waals surface area (Å²) < 4.78 is 45.1. The number of amides is 1. The van der Waals surface area contributed by atoms with E-state index in [1.54, 1.807) is 7.11 Å². The molecule has 0 saturated carbocycles. The van der Waals surface area contributed by atoms with Crippen molar-refractivity contribution in [3.05, 3.63) is 77.4 Å². The number of halogens is 3. The van der Waals surface area contributed by atoms with Crippen molar-refractivity contribution in [3.63, 3.8) is 0 Å². The molecule has 2 aromatic carbocycles. The molecule has 0 aliphatic rings. The number of carbonyl (C=O) groups is 1. The molecule has 0 atom stereocenters. The van der Waals surface area contributed by atoms with Crippen molar-refractivity contribution >= 4 is 17.5 Å². The molecule has 1 heterocycles.